The lowest BCUT2D eigenvalue weighted by Gasteiger charge is -2.36. The fourth-order valence-corrected chi connectivity index (χ4v) is 6.69. The van der Waals surface area contributed by atoms with Crippen LogP contribution in [0.2, 0.25) is 10.0 Å². The van der Waals surface area contributed by atoms with Crippen molar-refractivity contribution in [3.05, 3.63) is 94.0 Å². The van der Waals surface area contributed by atoms with E-state index in [1.807, 2.05) is 24.3 Å². The summed E-state index contributed by atoms with van der Waals surface area (Å²) >= 11 is 12.5. The number of piperidine rings is 2. The van der Waals surface area contributed by atoms with Crippen molar-refractivity contribution in [1.82, 2.24) is 10.6 Å². The van der Waals surface area contributed by atoms with Crippen molar-refractivity contribution < 1.29 is 4.79 Å². The van der Waals surface area contributed by atoms with E-state index in [9.17, 15) is 4.79 Å². The van der Waals surface area contributed by atoms with E-state index in [1.54, 1.807) is 0 Å². The SMILES string of the molecule is O=C(C1CCNC(c2cccc3cc(Cl)ccc23)C1)C1CCNC(c2cccc3cc(Cl)ccc23)C1. The van der Waals surface area contributed by atoms with Gasteiger partial charge in [-0.2, -0.15) is 0 Å². The number of benzene rings is 4. The normalized spacial score (nSPS) is 24.7. The predicted molar refractivity (Wildman–Crippen MR) is 150 cm³/mol. The van der Waals surface area contributed by atoms with Gasteiger partial charge in [0.1, 0.15) is 5.78 Å². The standard InChI is InChI=1S/C31H30Cl2N2O/c32-23-7-9-25-19(15-23)3-1-5-27(25)29-17-21(11-13-34-29)31(36)22-12-14-35-30(18-22)28-6-2-4-20-16-24(33)8-10-26(20)28/h1-10,15-16,21-22,29-30,34-35H,11-14,17-18H2. The van der Waals surface area contributed by atoms with Crippen LogP contribution in [-0.4, -0.2) is 18.9 Å². The van der Waals surface area contributed by atoms with Crippen molar-refractivity contribution in [1.29, 1.82) is 0 Å². The maximum absolute atomic E-state index is 13.8. The first-order valence-electron chi connectivity index (χ1n) is 12.9. The third-order valence-corrected chi connectivity index (χ3v) is 8.59. The first kappa shape index (κ1) is 23.9. The maximum atomic E-state index is 13.8. The zero-order valence-corrected chi connectivity index (χ0v) is 21.7. The highest BCUT2D eigenvalue weighted by Gasteiger charge is 2.35. The Morgan fingerprint density at radius 1 is 0.667 bits per heavy atom. The quantitative estimate of drug-likeness (QED) is 0.292. The van der Waals surface area contributed by atoms with Crippen LogP contribution in [0.1, 0.15) is 48.9 Å². The molecule has 3 nitrogen and oxygen atoms in total. The van der Waals surface area contributed by atoms with Crippen molar-refractivity contribution in [3.63, 3.8) is 0 Å². The lowest BCUT2D eigenvalue weighted by atomic mass is 9.76. The van der Waals surface area contributed by atoms with Gasteiger partial charge in [0.15, 0.2) is 0 Å². The van der Waals surface area contributed by atoms with Crippen LogP contribution in [0.4, 0.5) is 0 Å². The molecule has 0 radical (unpaired) electrons. The highest BCUT2D eigenvalue weighted by Crippen LogP contribution is 2.38. The lowest BCUT2D eigenvalue weighted by molar-refractivity contribution is -0.129. The summed E-state index contributed by atoms with van der Waals surface area (Å²) in [6.07, 6.45) is 3.52. The van der Waals surface area contributed by atoms with Gasteiger partial charge in [0, 0.05) is 34.0 Å². The van der Waals surface area contributed by atoms with E-state index < -0.39 is 0 Å². The largest absolute Gasteiger partial charge is 0.310 e. The van der Waals surface area contributed by atoms with Crippen LogP contribution in [0.15, 0.2) is 72.8 Å². The van der Waals surface area contributed by atoms with Gasteiger partial charge in [0.2, 0.25) is 0 Å². The summed E-state index contributed by atoms with van der Waals surface area (Å²) < 4.78 is 0. The summed E-state index contributed by atoms with van der Waals surface area (Å²) in [6.45, 7) is 1.73. The molecule has 0 aliphatic carbocycles. The number of Topliss-reactive ketones (excluding diaryl/α,β-unsaturated/α-hetero) is 1. The van der Waals surface area contributed by atoms with Gasteiger partial charge >= 0.3 is 0 Å². The number of carbonyl (C=O) groups is 1. The van der Waals surface area contributed by atoms with Crippen LogP contribution in [0.3, 0.4) is 0 Å². The molecule has 4 atom stereocenters. The lowest BCUT2D eigenvalue weighted by Crippen LogP contribution is -2.41. The Kier molecular flexibility index (Phi) is 6.74. The molecule has 2 saturated heterocycles. The Labute approximate surface area is 222 Å². The first-order chi connectivity index (χ1) is 17.6. The molecule has 2 fully saturated rings. The van der Waals surface area contributed by atoms with Gasteiger partial charge in [0.25, 0.3) is 0 Å². The minimum Gasteiger partial charge on any atom is -0.310 e. The predicted octanol–water partition coefficient (Wildman–Crippen LogP) is 7.65. The molecule has 4 aromatic carbocycles. The molecule has 2 aliphatic heterocycles. The number of hydrogen-bond donors (Lipinski definition) is 2. The third kappa shape index (κ3) is 4.66. The molecule has 184 valence electrons. The van der Waals surface area contributed by atoms with Crippen LogP contribution in [0.5, 0.6) is 0 Å². The zero-order valence-electron chi connectivity index (χ0n) is 20.1. The van der Waals surface area contributed by atoms with E-state index in [0.29, 0.717) is 5.78 Å². The molecule has 2 heterocycles. The smallest absolute Gasteiger partial charge is 0.139 e. The van der Waals surface area contributed by atoms with Crippen molar-refractivity contribution in [2.45, 2.75) is 37.8 Å². The van der Waals surface area contributed by atoms with E-state index >= 15 is 0 Å². The number of hydrogen-bond acceptors (Lipinski definition) is 3. The Hall–Kier alpha value is -2.43. The van der Waals surface area contributed by atoms with Crippen LogP contribution in [0.25, 0.3) is 21.5 Å². The average molecular weight is 518 g/mol. The van der Waals surface area contributed by atoms with E-state index in [4.69, 9.17) is 23.2 Å². The molecule has 0 bridgehead atoms. The summed E-state index contributed by atoms with van der Waals surface area (Å²) in [6, 6.07) is 25.3. The number of ketones is 1. The summed E-state index contributed by atoms with van der Waals surface area (Å²) in [5.41, 5.74) is 2.53. The highest BCUT2D eigenvalue weighted by molar-refractivity contribution is 6.31. The molecule has 4 aromatic rings. The van der Waals surface area contributed by atoms with Crippen LogP contribution in [0, 0.1) is 11.8 Å². The minimum atomic E-state index is 0.0916. The van der Waals surface area contributed by atoms with Gasteiger partial charge in [-0.05, 0) is 95.7 Å². The van der Waals surface area contributed by atoms with Gasteiger partial charge in [-0.15, -0.1) is 0 Å². The van der Waals surface area contributed by atoms with Gasteiger partial charge < -0.3 is 10.6 Å². The molecule has 36 heavy (non-hydrogen) atoms. The average Bonchev–Trinajstić information content (AvgIpc) is 2.91. The second-order valence-electron chi connectivity index (χ2n) is 10.3. The van der Waals surface area contributed by atoms with Crippen LogP contribution < -0.4 is 10.6 Å². The molecule has 2 aliphatic rings. The summed E-state index contributed by atoms with van der Waals surface area (Å²) in [5, 5.41) is 13.6. The number of rotatable bonds is 4. The molecule has 4 unspecified atom stereocenters. The number of carbonyl (C=O) groups excluding carboxylic acids is 1. The molecule has 0 saturated carbocycles. The number of nitrogens with one attached hydrogen (secondary N) is 2. The second kappa shape index (κ2) is 10.1. The minimum absolute atomic E-state index is 0.0916. The third-order valence-electron chi connectivity index (χ3n) is 8.12. The van der Waals surface area contributed by atoms with Crippen molar-refractivity contribution in [2.75, 3.05) is 13.1 Å². The summed E-state index contributed by atoms with van der Waals surface area (Å²) in [4.78, 5) is 13.8. The molecule has 5 heteroatoms. The van der Waals surface area contributed by atoms with Crippen LogP contribution in [-0.2, 0) is 4.79 Å². The fourth-order valence-electron chi connectivity index (χ4n) is 6.33. The van der Waals surface area contributed by atoms with E-state index in [1.165, 1.54) is 21.9 Å². The number of halogens is 2. The van der Waals surface area contributed by atoms with Gasteiger partial charge in [-0.25, -0.2) is 0 Å². The summed E-state index contributed by atoms with van der Waals surface area (Å²) in [7, 11) is 0. The Morgan fingerprint density at radius 3 is 1.61 bits per heavy atom. The van der Waals surface area contributed by atoms with Gasteiger partial charge in [0.05, 0.1) is 0 Å². The fraction of sp³-hybridized carbons (Fsp3) is 0.323. The maximum Gasteiger partial charge on any atom is 0.139 e. The molecule has 0 amide bonds. The second-order valence-corrected chi connectivity index (χ2v) is 11.2. The zero-order chi connectivity index (χ0) is 24.6. The van der Waals surface area contributed by atoms with E-state index in [-0.39, 0.29) is 23.9 Å². The van der Waals surface area contributed by atoms with E-state index in [2.05, 4.69) is 59.2 Å². The van der Waals surface area contributed by atoms with E-state index in [0.717, 1.165) is 59.6 Å². The van der Waals surface area contributed by atoms with Crippen molar-refractivity contribution in [3.8, 4) is 0 Å². The molecule has 0 aromatic heterocycles. The van der Waals surface area contributed by atoms with Gasteiger partial charge in [-0.3, -0.25) is 4.79 Å². The number of fused-ring (bicyclic) bond motifs is 2. The first-order valence-corrected chi connectivity index (χ1v) is 13.7. The molecule has 0 spiro atoms. The Bertz CT molecular complexity index is 1330. The Balaban J connectivity index is 1.21. The topological polar surface area (TPSA) is 41.1 Å². The Morgan fingerprint density at radius 2 is 1.14 bits per heavy atom. The molecular weight excluding hydrogens is 487 g/mol. The van der Waals surface area contributed by atoms with Crippen LogP contribution >= 0.6 is 23.2 Å². The molecule has 6 rings (SSSR count). The van der Waals surface area contributed by atoms with Crippen molar-refractivity contribution >= 4 is 50.5 Å². The monoisotopic (exact) mass is 516 g/mol. The molecular formula is C31H30Cl2N2O. The highest BCUT2D eigenvalue weighted by atomic mass is 35.5. The summed E-state index contributed by atoms with van der Waals surface area (Å²) in [5.74, 6) is 0.627. The van der Waals surface area contributed by atoms with Gasteiger partial charge in [-0.1, -0.05) is 71.7 Å². The van der Waals surface area contributed by atoms with Crippen molar-refractivity contribution in [2.24, 2.45) is 11.8 Å². The molecule has 2 N–H and O–H groups in total.